The molecule has 7 heteroatoms. The van der Waals surface area contributed by atoms with Gasteiger partial charge in [0.1, 0.15) is 16.4 Å². The Kier molecular flexibility index (Phi) is 3.29. The van der Waals surface area contributed by atoms with Gasteiger partial charge in [0.2, 0.25) is 0 Å². The van der Waals surface area contributed by atoms with Gasteiger partial charge in [0.15, 0.2) is 0 Å². The van der Waals surface area contributed by atoms with E-state index in [1.807, 2.05) is 0 Å². The van der Waals surface area contributed by atoms with Gasteiger partial charge in [-0.25, -0.2) is 4.98 Å². The van der Waals surface area contributed by atoms with Crippen molar-refractivity contribution in [1.82, 2.24) is 4.98 Å². The van der Waals surface area contributed by atoms with Gasteiger partial charge in [-0.2, -0.15) is 13.2 Å². The van der Waals surface area contributed by atoms with Gasteiger partial charge < -0.3 is 10.8 Å². The number of aliphatic hydroxyl groups is 1. The molecule has 1 saturated carbocycles. The van der Waals surface area contributed by atoms with E-state index in [4.69, 9.17) is 17.3 Å². The van der Waals surface area contributed by atoms with Gasteiger partial charge >= 0.3 is 6.18 Å². The van der Waals surface area contributed by atoms with E-state index in [1.54, 1.807) is 0 Å². The van der Waals surface area contributed by atoms with Crippen LogP contribution in [0, 0.1) is 5.92 Å². The summed E-state index contributed by atoms with van der Waals surface area (Å²) >= 11 is 5.74. The van der Waals surface area contributed by atoms with Crippen molar-refractivity contribution in [3.8, 4) is 0 Å². The molecule has 0 aromatic carbocycles. The number of rotatable bonds is 3. The van der Waals surface area contributed by atoms with Crippen molar-refractivity contribution >= 4 is 11.6 Å². The number of alkyl halides is 3. The third-order valence-corrected chi connectivity index (χ3v) is 3.46. The van der Waals surface area contributed by atoms with Crippen LogP contribution in [0.1, 0.15) is 24.1 Å². The van der Waals surface area contributed by atoms with Gasteiger partial charge in [0.05, 0.1) is 0 Å². The van der Waals surface area contributed by atoms with Crippen LogP contribution >= 0.6 is 11.6 Å². The van der Waals surface area contributed by atoms with E-state index < -0.39 is 17.5 Å². The predicted molar refractivity (Wildman–Crippen MR) is 59.9 cm³/mol. The molecule has 2 rings (SSSR count). The van der Waals surface area contributed by atoms with Gasteiger partial charge in [-0.1, -0.05) is 17.7 Å². The molecule has 1 aliphatic carbocycles. The Labute approximate surface area is 107 Å². The molecule has 100 valence electrons. The summed E-state index contributed by atoms with van der Waals surface area (Å²) in [5.41, 5.74) is 3.22. The van der Waals surface area contributed by atoms with Crippen molar-refractivity contribution < 1.29 is 18.3 Å². The maximum absolute atomic E-state index is 12.4. The Bertz CT molecular complexity index is 462. The van der Waals surface area contributed by atoms with Crippen molar-refractivity contribution in [1.29, 1.82) is 0 Å². The zero-order chi connectivity index (χ0) is 13.6. The predicted octanol–water partition coefficient (Wildman–Crippen LogP) is 2.31. The van der Waals surface area contributed by atoms with Crippen LogP contribution in [0.25, 0.3) is 0 Å². The van der Waals surface area contributed by atoms with Crippen LogP contribution in [0.15, 0.2) is 12.1 Å². The topological polar surface area (TPSA) is 59.1 Å². The molecule has 0 amide bonds. The second-order valence-electron chi connectivity index (χ2n) is 4.44. The van der Waals surface area contributed by atoms with Crippen LogP contribution in [-0.4, -0.2) is 16.6 Å². The molecule has 1 heterocycles. The molecule has 0 saturated heterocycles. The summed E-state index contributed by atoms with van der Waals surface area (Å²) in [4.78, 5) is 3.29. The van der Waals surface area contributed by atoms with Crippen molar-refractivity contribution in [2.45, 2.75) is 24.6 Å². The lowest BCUT2D eigenvalue weighted by molar-refractivity contribution is -0.141. The van der Waals surface area contributed by atoms with E-state index in [0.29, 0.717) is 0 Å². The molecule has 3 N–H and O–H groups in total. The highest BCUT2D eigenvalue weighted by molar-refractivity contribution is 6.30. The van der Waals surface area contributed by atoms with Crippen LogP contribution in [0.5, 0.6) is 0 Å². The molecule has 3 nitrogen and oxygen atoms in total. The lowest BCUT2D eigenvalue weighted by Crippen LogP contribution is -2.37. The Morgan fingerprint density at radius 1 is 1.39 bits per heavy atom. The zero-order valence-corrected chi connectivity index (χ0v) is 10.1. The largest absolute Gasteiger partial charge is 0.433 e. The smallest absolute Gasteiger partial charge is 0.383 e. The fourth-order valence-corrected chi connectivity index (χ4v) is 2.29. The van der Waals surface area contributed by atoms with Gasteiger partial charge in [0, 0.05) is 12.1 Å². The summed E-state index contributed by atoms with van der Waals surface area (Å²) in [6.07, 6.45) is -2.99. The Morgan fingerprint density at radius 3 is 2.39 bits per heavy atom. The average Bonchev–Trinajstić information content (AvgIpc) is 3.10. The number of halogens is 4. The molecular formula is C11H12ClF3N2O. The third kappa shape index (κ3) is 2.32. The van der Waals surface area contributed by atoms with E-state index in [9.17, 15) is 18.3 Å². The summed E-state index contributed by atoms with van der Waals surface area (Å²) in [6.45, 7) is -0.0928. The quantitative estimate of drug-likeness (QED) is 0.836. The first-order valence-corrected chi connectivity index (χ1v) is 5.83. The number of hydrogen-bond donors (Lipinski definition) is 2. The van der Waals surface area contributed by atoms with Crippen LogP contribution in [0.2, 0.25) is 5.15 Å². The number of nitrogens with two attached hydrogens (primary N) is 1. The number of aromatic nitrogens is 1. The van der Waals surface area contributed by atoms with Crippen molar-refractivity contribution in [2.24, 2.45) is 11.7 Å². The molecule has 0 aliphatic heterocycles. The molecule has 0 radical (unpaired) electrons. The van der Waals surface area contributed by atoms with Crippen molar-refractivity contribution in [3.05, 3.63) is 28.5 Å². The van der Waals surface area contributed by atoms with Gasteiger partial charge in [-0.3, -0.25) is 0 Å². The molecule has 0 spiro atoms. The minimum atomic E-state index is -4.55. The zero-order valence-electron chi connectivity index (χ0n) is 9.34. The molecule has 0 bridgehead atoms. The first kappa shape index (κ1) is 13.6. The standard InChI is InChI=1S/C11H12ClF3N2O/c12-9-7(10(18,5-16)6-1-2-6)3-4-8(17-9)11(13,14)15/h3-4,6,18H,1-2,5,16H2. The summed E-state index contributed by atoms with van der Waals surface area (Å²) in [5, 5.41) is 10.0. The van der Waals surface area contributed by atoms with Crippen molar-refractivity contribution in [3.63, 3.8) is 0 Å². The minimum absolute atomic E-state index is 0.0569. The van der Waals surface area contributed by atoms with Crippen LogP contribution in [0.4, 0.5) is 13.2 Å². The van der Waals surface area contributed by atoms with E-state index in [0.717, 1.165) is 25.0 Å². The highest BCUT2D eigenvalue weighted by Crippen LogP contribution is 2.47. The number of hydrogen-bond acceptors (Lipinski definition) is 3. The maximum atomic E-state index is 12.4. The molecule has 1 aliphatic rings. The summed E-state index contributed by atoms with van der Waals surface area (Å²) in [7, 11) is 0. The van der Waals surface area contributed by atoms with E-state index in [1.165, 1.54) is 0 Å². The first-order chi connectivity index (χ1) is 8.29. The van der Waals surface area contributed by atoms with E-state index in [2.05, 4.69) is 4.98 Å². The number of pyridine rings is 1. The maximum Gasteiger partial charge on any atom is 0.433 e. The Morgan fingerprint density at radius 2 is 2.00 bits per heavy atom. The molecule has 1 aromatic rings. The third-order valence-electron chi connectivity index (χ3n) is 3.17. The lowest BCUT2D eigenvalue weighted by atomic mass is 9.90. The normalized spacial score (nSPS) is 19.7. The minimum Gasteiger partial charge on any atom is -0.383 e. The molecular weight excluding hydrogens is 269 g/mol. The average molecular weight is 281 g/mol. The van der Waals surface area contributed by atoms with Gasteiger partial charge in [-0.15, -0.1) is 0 Å². The van der Waals surface area contributed by atoms with Crippen LogP contribution < -0.4 is 5.73 Å². The molecule has 1 unspecified atom stereocenters. The van der Waals surface area contributed by atoms with Crippen LogP contribution in [0.3, 0.4) is 0 Å². The molecule has 1 fully saturated rings. The summed E-state index contributed by atoms with van der Waals surface area (Å²) < 4.78 is 37.3. The van der Waals surface area contributed by atoms with E-state index in [-0.39, 0.29) is 23.2 Å². The summed E-state index contributed by atoms with van der Waals surface area (Å²) in [5.74, 6) is -0.0569. The Hall–Kier alpha value is -0.850. The van der Waals surface area contributed by atoms with Gasteiger partial charge in [0.25, 0.3) is 0 Å². The first-order valence-electron chi connectivity index (χ1n) is 5.45. The highest BCUT2D eigenvalue weighted by atomic mass is 35.5. The second-order valence-corrected chi connectivity index (χ2v) is 4.79. The summed E-state index contributed by atoms with van der Waals surface area (Å²) in [6, 6.07) is 1.97. The Balaban J connectivity index is 2.41. The van der Waals surface area contributed by atoms with Crippen LogP contribution in [-0.2, 0) is 11.8 Å². The highest BCUT2D eigenvalue weighted by Gasteiger charge is 2.46. The molecule has 1 atom stereocenters. The number of nitrogens with zero attached hydrogens (tertiary/aromatic N) is 1. The second kappa shape index (κ2) is 4.36. The molecule has 18 heavy (non-hydrogen) atoms. The fourth-order valence-electron chi connectivity index (χ4n) is 1.97. The SMILES string of the molecule is NCC(O)(c1ccc(C(F)(F)F)nc1Cl)C1CC1. The lowest BCUT2D eigenvalue weighted by Gasteiger charge is -2.27. The monoisotopic (exact) mass is 280 g/mol. The van der Waals surface area contributed by atoms with E-state index >= 15 is 0 Å². The van der Waals surface area contributed by atoms with Gasteiger partial charge in [-0.05, 0) is 24.8 Å². The molecule has 1 aromatic heterocycles. The fraction of sp³-hybridized carbons (Fsp3) is 0.545. The van der Waals surface area contributed by atoms with Crippen molar-refractivity contribution in [2.75, 3.05) is 6.54 Å².